The predicted octanol–water partition coefficient (Wildman–Crippen LogP) is 1.48. The third kappa shape index (κ3) is 4.68. The van der Waals surface area contributed by atoms with Crippen LogP contribution in [0.2, 0.25) is 0 Å². The lowest BCUT2D eigenvalue weighted by molar-refractivity contribution is -0.268. The molecule has 0 aliphatic rings. The van der Waals surface area contributed by atoms with Crippen LogP contribution in [0.25, 0.3) is 0 Å². The van der Waals surface area contributed by atoms with E-state index in [9.17, 15) is 9.90 Å². The van der Waals surface area contributed by atoms with Crippen molar-refractivity contribution in [2.75, 3.05) is 5.32 Å². The molecule has 0 heterocycles. The fourth-order valence-electron chi connectivity index (χ4n) is 1.68. The molecule has 118 valence electrons. The van der Waals surface area contributed by atoms with E-state index in [1.54, 1.807) is 12.1 Å². The van der Waals surface area contributed by atoms with Crippen molar-refractivity contribution in [2.24, 2.45) is 5.10 Å². The first-order valence-electron chi connectivity index (χ1n) is 6.39. The molecule has 4 N–H and O–H groups in total. The number of rotatable bonds is 4. The van der Waals surface area contributed by atoms with Crippen molar-refractivity contribution in [3.05, 3.63) is 53.6 Å². The van der Waals surface area contributed by atoms with Crippen LogP contribution < -0.4 is 15.8 Å². The summed E-state index contributed by atoms with van der Waals surface area (Å²) >= 11 is 5.01. The Balaban J connectivity index is 1.96. The third-order valence-corrected chi connectivity index (χ3v) is 2.93. The first-order chi connectivity index (χ1) is 11.0. The van der Waals surface area contributed by atoms with Crippen LogP contribution in [-0.2, 0) is 0 Å². The molecule has 0 bridgehead atoms. The van der Waals surface area contributed by atoms with Crippen LogP contribution in [0.15, 0.2) is 47.6 Å². The predicted molar refractivity (Wildman–Crippen MR) is 87.9 cm³/mol. The Kier molecular flexibility index (Phi) is 5.11. The molecular formula is C15H12N3O4S-. The van der Waals surface area contributed by atoms with Crippen molar-refractivity contribution in [3.63, 3.8) is 0 Å². The Morgan fingerprint density at radius 2 is 2.04 bits per heavy atom. The average molecular weight is 330 g/mol. The van der Waals surface area contributed by atoms with E-state index in [1.165, 1.54) is 30.5 Å². The van der Waals surface area contributed by atoms with Crippen LogP contribution in [0, 0.1) is 0 Å². The summed E-state index contributed by atoms with van der Waals surface area (Å²) in [5.74, 6) is -1.53. The summed E-state index contributed by atoms with van der Waals surface area (Å²) in [6, 6.07) is 10.00. The number of nitrogens with one attached hydrogen (secondary N) is 2. The summed E-state index contributed by atoms with van der Waals surface area (Å²) in [5.41, 5.74) is 3.41. The SMILES string of the molecule is O=C(O)c1cccc(NC(=S)NN=Cc2ccc(O)cc2[O-])c1. The van der Waals surface area contributed by atoms with Gasteiger partial charge in [-0.1, -0.05) is 17.9 Å². The van der Waals surface area contributed by atoms with E-state index in [0.717, 1.165) is 6.07 Å². The van der Waals surface area contributed by atoms with Crippen molar-refractivity contribution >= 4 is 35.2 Å². The molecule has 0 aromatic heterocycles. The molecule has 0 saturated heterocycles. The summed E-state index contributed by atoms with van der Waals surface area (Å²) in [6.07, 6.45) is 1.27. The molecule has 0 aliphatic heterocycles. The van der Waals surface area contributed by atoms with Gasteiger partial charge in [0, 0.05) is 5.69 Å². The molecule has 0 fully saturated rings. The van der Waals surface area contributed by atoms with Crippen LogP contribution in [0.4, 0.5) is 5.69 Å². The Bertz CT molecular complexity index is 777. The van der Waals surface area contributed by atoms with Gasteiger partial charge in [-0.15, -0.1) is 0 Å². The topological polar surface area (TPSA) is 117 Å². The lowest BCUT2D eigenvalue weighted by Crippen LogP contribution is -2.24. The summed E-state index contributed by atoms with van der Waals surface area (Å²) in [5, 5.41) is 36.3. The molecule has 0 atom stereocenters. The Hall–Kier alpha value is -3.13. The molecule has 2 aromatic rings. The largest absolute Gasteiger partial charge is 0.872 e. The van der Waals surface area contributed by atoms with Crippen LogP contribution in [0.1, 0.15) is 15.9 Å². The van der Waals surface area contributed by atoms with Gasteiger partial charge in [0.25, 0.3) is 0 Å². The first kappa shape index (κ1) is 16.2. The molecule has 0 saturated carbocycles. The number of hydrazone groups is 1. The van der Waals surface area contributed by atoms with Crippen molar-refractivity contribution in [3.8, 4) is 11.5 Å². The number of anilines is 1. The molecular weight excluding hydrogens is 318 g/mol. The van der Waals surface area contributed by atoms with Gasteiger partial charge in [0.05, 0.1) is 11.8 Å². The molecule has 0 spiro atoms. The summed E-state index contributed by atoms with van der Waals surface area (Å²) in [7, 11) is 0. The highest BCUT2D eigenvalue weighted by atomic mass is 32.1. The zero-order valence-electron chi connectivity index (χ0n) is 11.7. The molecule has 8 heteroatoms. The summed E-state index contributed by atoms with van der Waals surface area (Å²) in [4.78, 5) is 10.9. The van der Waals surface area contributed by atoms with Crippen LogP contribution in [0.5, 0.6) is 11.5 Å². The number of aromatic carboxylic acids is 1. The fraction of sp³-hybridized carbons (Fsp3) is 0. The Morgan fingerprint density at radius 1 is 1.26 bits per heavy atom. The zero-order chi connectivity index (χ0) is 16.8. The van der Waals surface area contributed by atoms with E-state index in [0.29, 0.717) is 5.69 Å². The maximum Gasteiger partial charge on any atom is 0.335 e. The number of hydrogen-bond acceptors (Lipinski definition) is 5. The minimum absolute atomic E-state index is 0.115. The number of hydrogen-bond donors (Lipinski definition) is 4. The number of phenols is 1. The smallest absolute Gasteiger partial charge is 0.335 e. The van der Waals surface area contributed by atoms with Crippen molar-refractivity contribution in [1.82, 2.24) is 5.43 Å². The van der Waals surface area contributed by atoms with Gasteiger partial charge in [-0.25, -0.2) is 4.79 Å². The van der Waals surface area contributed by atoms with Gasteiger partial charge in [0.15, 0.2) is 5.11 Å². The molecule has 0 amide bonds. The highest BCUT2D eigenvalue weighted by molar-refractivity contribution is 7.80. The van der Waals surface area contributed by atoms with E-state index in [1.807, 2.05) is 0 Å². The van der Waals surface area contributed by atoms with Gasteiger partial charge >= 0.3 is 5.97 Å². The van der Waals surface area contributed by atoms with Gasteiger partial charge < -0.3 is 20.6 Å². The number of aromatic hydroxyl groups is 1. The third-order valence-electron chi connectivity index (χ3n) is 2.73. The van der Waals surface area contributed by atoms with Crippen LogP contribution in [0.3, 0.4) is 0 Å². The molecule has 0 radical (unpaired) electrons. The van der Waals surface area contributed by atoms with Crippen molar-refractivity contribution in [1.29, 1.82) is 0 Å². The first-order valence-corrected chi connectivity index (χ1v) is 6.80. The number of carboxylic acid groups (broad SMARTS) is 1. The van der Waals surface area contributed by atoms with Crippen molar-refractivity contribution < 1.29 is 20.1 Å². The minimum atomic E-state index is -1.04. The molecule has 23 heavy (non-hydrogen) atoms. The Labute approximate surface area is 136 Å². The van der Waals surface area contributed by atoms with Crippen LogP contribution in [-0.4, -0.2) is 27.5 Å². The van der Waals surface area contributed by atoms with Gasteiger partial charge in [0.1, 0.15) is 5.75 Å². The van der Waals surface area contributed by atoms with E-state index < -0.39 is 5.97 Å². The highest BCUT2D eigenvalue weighted by Gasteiger charge is 2.03. The van der Waals surface area contributed by atoms with E-state index in [4.69, 9.17) is 22.4 Å². The molecule has 2 aromatic carbocycles. The fourth-order valence-corrected chi connectivity index (χ4v) is 1.85. The van der Waals surface area contributed by atoms with Gasteiger partial charge in [0.2, 0.25) is 0 Å². The molecule has 0 unspecified atom stereocenters. The molecule has 2 rings (SSSR count). The van der Waals surface area contributed by atoms with Gasteiger partial charge in [-0.05, 0) is 48.1 Å². The zero-order valence-corrected chi connectivity index (χ0v) is 12.5. The van der Waals surface area contributed by atoms with Crippen LogP contribution >= 0.6 is 12.2 Å². The quantitative estimate of drug-likeness (QED) is 0.381. The summed E-state index contributed by atoms with van der Waals surface area (Å²) in [6.45, 7) is 0. The number of benzene rings is 2. The number of carbonyl (C=O) groups is 1. The standard InChI is InChI=1S/C15H13N3O4S/c19-12-5-4-10(13(20)7-12)8-16-18-15(23)17-11-3-1-2-9(6-11)14(21)22/h1-8,19-20H,(H,21,22)(H2,17,18,23)/p-1. The number of carboxylic acids is 1. The summed E-state index contributed by atoms with van der Waals surface area (Å²) < 4.78 is 0. The molecule has 0 aliphatic carbocycles. The second kappa shape index (κ2) is 7.23. The van der Waals surface area contributed by atoms with E-state index in [2.05, 4.69) is 15.8 Å². The molecule has 7 nitrogen and oxygen atoms in total. The van der Waals surface area contributed by atoms with E-state index >= 15 is 0 Å². The highest BCUT2D eigenvalue weighted by Crippen LogP contribution is 2.18. The van der Waals surface area contributed by atoms with Crippen molar-refractivity contribution in [2.45, 2.75) is 0 Å². The lowest BCUT2D eigenvalue weighted by atomic mass is 10.2. The lowest BCUT2D eigenvalue weighted by Gasteiger charge is -2.10. The normalized spacial score (nSPS) is 10.4. The average Bonchev–Trinajstić information content (AvgIpc) is 2.49. The second-order valence-corrected chi connectivity index (χ2v) is 4.84. The number of thiocarbonyl (C=S) groups is 1. The second-order valence-electron chi connectivity index (χ2n) is 4.43. The van der Waals surface area contributed by atoms with Gasteiger partial charge in [-0.2, -0.15) is 5.10 Å². The number of phenolic OH excluding ortho intramolecular Hbond substituents is 1. The van der Waals surface area contributed by atoms with E-state index in [-0.39, 0.29) is 27.7 Å². The maximum atomic E-state index is 11.5. The minimum Gasteiger partial charge on any atom is -0.872 e. The van der Waals surface area contributed by atoms with Gasteiger partial charge in [-0.3, -0.25) is 5.43 Å². The number of nitrogens with zero attached hydrogens (tertiary/aromatic N) is 1. The monoisotopic (exact) mass is 330 g/mol. The maximum absolute atomic E-state index is 11.5. The Morgan fingerprint density at radius 3 is 2.74 bits per heavy atom.